The summed E-state index contributed by atoms with van der Waals surface area (Å²) in [5.74, 6) is -0.162. The number of aromatic nitrogens is 1. The molecule has 0 bridgehead atoms. The van der Waals surface area contributed by atoms with Crippen molar-refractivity contribution >= 4 is 27.8 Å². The molecule has 29 heavy (non-hydrogen) atoms. The van der Waals surface area contributed by atoms with E-state index in [2.05, 4.69) is 16.4 Å². The molecule has 5 aromatic rings. The lowest BCUT2D eigenvalue weighted by Gasteiger charge is -2.05. The standard InChI is InChI=1S/C24H17FN2O2/c1-26-24(28)22-19-13-15(17-3-2-4-20-18(17)11-12-27-20)7-10-21(19)29-23(22)14-5-8-16(25)9-6-14/h2-13,27H,1H3,(H,26,28). The highest BCUT2D eigenvalue weighted by atomic mass is 19.1. The molecule has 0 aliphatic carbocycles. The summed E-state index contributed by atoms with van der Waals surface area (Å²) in [6.45, 7) is 0. The minimum absolute atomic E-state index is 0.250. The number of fused-ring (bicyclic) bond motifs is 2. The Balaban J connectivity index is 1.76. The quantitative estimate of drug-likeness (QED) is 0.416. The van der Waals surface area contributed by atoms with Gasteiger partial charge in [-0.3, -0.25) is 4.79 Å². The Bertz CT molecular complexity index is 1360. The summed E-state index contributed by atoms with van der Waals surface area (Å²) in [6.07, 6.45) is 1.91. The van der Waals surface area contributed by atoms with Gasteiger partial charge in [0, 0.05) is 35.1 Å². The summed E-state index contributed by atoms with van der Waals surface area (Å²) in [6, 6.07) is 19.9. The SMILES string of the molecule is CNC(=O)c1c(-c2ccc(F)cc2)oc2ccc(-c3cccc4[nH]ccc34)cc12. The summed E-state index contributed by atoms with van der Waals surface area (Å²) in [4.78, 5) is 15.9. The number of rotatable bonds is 3. The van der Waals surface area contributed by atoms with E-state index >= 15 is 0 Å². The van der Waals surface area contributed by atoms with Crippen LogP contribution >= 0.6 is 0 Å². The minimum Gasteiger partial charge on any atom is -0.455 e. The average Bonchev–Trinajstić information content (AvgIpc) is 3.37. The van der Waals surface area contributed by atoms with Crippen molar-refractivity contribution in [1.82, 2.24) is 10.3 Å². The second kappa shape index (κ2) is 6.63. The van der Waals surface area contributed by atoms with E-state index in [4.69, 9.17) is 4.42 Å². The van der Waals surface area contributed by atoms with Crippen molar-refractivity contribution in [3.63, 3.8) is 0 Å². The van der Waals surface area contributed by atoms with Crippen molar-refractivity contribution < 1.29 is 13.6 Å². The molecule has 0 aliphatic rings. The molecule has 0 saturated heterocycles. The molecule has 0 unspecified atom stereocenters. The first-order valence-electron chi connectivity index (χ1n) is 9.27. The fourth-order valence-electron chi connectivity index (χ4n) is 3.76. The number of aromatic amines is 1. The zero-order valence-corrected chi connectivity index (χ0v) is 15.6. The molecule has 0 radical (unpaired) electrons. The number of hydrogen-bond donors (Lipinski definition) is 2. The van der Waals surface area contributed by atoms with Crippen molar-refractivity contribution in [2.24, 2.45) is 0 Å². The predicted molar refractivity (Wildman–Crippen MR) is 112 cm³/mol. The smallest absolute Gasteiger partial charge is 0.255 e. The highest BCUT2D eigenvalue weighted by Gasteiger charge is 2.22. The molecule has 1 amide bonds. The molecular weight excluding hydrogens is 367 g/mol. The Morgan fingerprint density at radius 2 is 1.76 bits per heavy atom. The molecule has 5 rings (SSSR count). The molecule has 2 heterocycles. The summed E-state index contributed by atoms with van der Waals surface area (Å²) in [7, 11) is 1.58. The fraction of sp³-hybridized carbons (Fsp3) is 0.0417. The third-order valence-corrected chi connectivity index (χ3v) is 5.15. The van der Waals surface area contributed by atoms with Crippen molar-refractivity contribution in [3.05, 3.63) is 84.3 Å². The first-order chi connectivity index (χ1) is 14.2. The van der Waals surface area contributed by atoms with Gasteiger partial charge in [-0.05, 0) is 59.7 Å². The lowest BCUT2D eigenvalue weighted by Crippen LogP contribution is -2.18. The maximum Gasteiger partial charge on any atom is 0.255 e. The van der Waals surface area contributed by atoms with Crippen molar-refractivity contribution in [1.29, 1.82) is 0 Å². The van der Waals surface area contributed by atoms with Crippen LogP contribution in [-0.2, 0) is 0 Å². The molecule has 2 aromatic heterocycles. The lowest BCUT2D eigenvalue weighted by molar-refractivity contribution is 0.0964. The monoisotopic (exact) mass is 384 g/mol. The third kappa shape index (κ3) is 2.79. The molecule has 4 nitrogen and oxygen atoms in total. The van der Waals surface area contributed by atoms with Gasteiger partial charge < -0.3 is 14.7 Å². The van der Waals surface area contributed by atoms with E-state index in [-0.39, 0.29) is 11.7 Å². The first kappa shape index (κ1) is 17.3. The van der Waals surface area contributed by atoms with Crippen LogP contribution in [0.1, 0.15) is 10.4 Å². The lowest BCUT2D eigenvalue weighted by atomic mass is 9.98. The van der Waals surface area contributed by atoms with Gasteiger partial charge in [0.2, 0.25) is 0 Å². The zero-order chi connectivity index (χ0) is 20.0. The van der Waals surface area contributed by atoms with Crippen LogP contribution in [-0.4, -0.2) is 17.9 Å². The molecule has 0 aliphatic heterocycles. The minimum atomic E-state index is -0.340. The molecule has 142 valence electrons. The van der Waals surface area contributed by atoms with E-state index in [1.54, 1.807) is 19.2 Å². The van der Waals surface area contributed by atoms with E-state index in [1.165, 1.54) is 12.1 Å². The fourth-order valence-corrected chi connectivity index (χ4v) is 3.76. The zero-order valence-electron chi connectivity index (χ0n) is 15.6. The van der Waals surface area contributed by atoms with Crippen molar-refractivity contribution in [3.8, 4) is 22.5 Å². The summed E-state index contributed by atoms with van der Waals surface area (Å²) >= 11 is 0. The van der Waals surface area contributed by atoms with E-state index in [1.807, 2.05) is 42.6 Å². The van der Waals surface area contributed by atoms with Crippen LogP contribution in [0.25, 0.3) is 44.3 Å². The van der Waals surface area contributed by atoms with Crippen molar-refractivity contribution in [2.45, 2.75) is 0 Å². The maximum absolute atomic E-state index is 13.4. The number of hydrogen-bond acceptors (Lipinski definition) is 2. The molecule has 5 heteroatoms. The number of benzene rings is 3. The van der Waals surface area contributed by atoms with Gasteiger partial charge in [-0.1, -0.05) is 18.2 Å². The Labute approximate surface area is 166 Å². The highest BCUT2D eigenvalue weighted by Crippen LogP contribution is 2.37. The van der Waals surface area contributed by atoms with Crippen LogP contribution in [0.3, 0.4) is 0 Å². The van der Waals surface area contributed by atoms with Gasteiger partial charge in [-0.15, -0.1) is 0 Å². The first-order valence-corrected chi connectivity index (χ1v) is 9.27. The van der Waals surface area contributed by atoms with Crippen molar-refractivity contribution in [2.75, 3.05) is 7.05 Å². The predicted octanol–water partition coefficient (Wildman–Crippen LogP) is 5.75. The van der Waals surface area contributed by atoms with Crippen LogP contribution in [0.2, 0.25) is 0 Å². The Kier molecular flexibility index (Phi) is 3.95. The van der Waals surface area contributed by atoms with E-state index < -0.39 is 0 Å². The van der Waals surface area contributed by atoms with Crippen LogP contribution < -0.4 is 5.32 Å². The summed E-state index contributed by atoms with van der Waals surface area (Å²) in [5.41, 5.74) is 4.80. The number of H-pyrrole nitrogens is 1. The van der Waals surface area contributed by atoms with Gasteiger partial charge in [0.25, 0.3) is 5.91 Å². The van der Waals surface area contributed by atoms with Crippen LogP contribution in [0.15, 0.2) is 77.3 Å². The van der Waals surface area contributed by atoms with Gasteiger partial charge in [0.1, 0.15) is 17.2 Å². The Hall–Kier alpha value is -3.86. The number of furan rings is 1. The van der Waals surface area contributed by atoms with Gasteiger partial charge >= 0.3 is 0 Å². The van der Waals surface area contributed by atoms with Gasteiger partial charge in [-0.2, -0.15) is 0 Å². The second-order valence-corrected chi connectivity index (χ2v) is 6.85. The van der Waals surface area contributed by atoms with E-state index in [0.29, 0.717) is 27.9 Å². The number of carbonyl (C=O) groups is 1. The number of nitrogens with one attached hydrogen (secondary N) is 2. The molecule has 0 saturated carbocycles. The number of amides is 1. The largest absolute Gasteiger partial charge is 0.455 e. The summed E-state index contributed by atoms with van der Waals surface area (Å²) < 4.78 is 19.4. The summed E-state index contributed by atoms with van der Waals surface area (Å²) in [5, 5.41) is 4.51. The maximum atomic E-state index is 13.4. The normalized spacial score (nSPS) is 11.2. The van der Waals surface area contributed by atoms with E-state index in [0.717, 1.165) is 22.0 Å². The molecular formula is C24H17FN2O2. The number of halogens is 1. The Morgan fingerprint density at radius 3 is 2.55 bits per heavy atom. The average molecular weight is 384 g/mol. The van der Waals surface area contributed by atoms with Gasteiger partial charge in [0.05, 0.1) is 5.56 Å². The number of carbonyl (C=O) groups excluding carboxylic acids is 1. The molecule has 2 N–H and O–H groups in total. The second-order valence-electron chi connectivity index (χ2n) is 6.85. The molecule has 0 fully saturated rings. The molecule has 0 spiro atoms. The van der Waals surface area contributed by atoms with Crippen LogP contribution in [0.5, 0.6) is 0 Å². The van der Waals surface area contributed by atoms with E-state index in [9.17, 15) is 9.18 Å². The van der Waals surface area contributed by atoms with Gasteiger partial charge in [-0.25, -0.2) is 4.39 Å². The van der Waals surface area contributed by atoms with Crippen LogP contribution in [0, 0.1) is 5.82 Å². The highest BCUT2D eigenvalue weighted by molar-refractivity contribution is 6.12. The molecule has 3 aromatic carbocycles. The topological polar surface area (TPSA) is 58.0 Å². The van der Waals surface area contributed by atoms with Crippen LogP contribution in [0.4, 0.5) is 4.39 Å². The third-order valence-electron chi connectivity index (χ3n) is 5.15. The molecule has 0 atom stereocenters. The van der Waals surface area contributed by atoms with Gasteiger partial charge in [0.15, 0.2) is 0 Å². The Morgan fingerprint density at radius 1 is 0.966 bits per heavy atom.